The highest BCUT2D eigenvalue weighted by atomic mass is 19.1. The van der Waals surface area contributed by atoms with Crippen molar-refractivity contribution >= 4 is 0 Å². The van der Waals surface area contributed by atoms with Crippen LogP contribution < -0.4 is 0 Å². The molecule has 20 heavy (non-hydrogen) atoms. The smallest absolute Gasteiger partial charge is 0.123 e. The maximum atomic E-state index is 12.9. The number of hydrogen-bond acceptors (Lipinski definition) is 2. The van der Waals surface area contributed by atoms with Gasteiger partial charge in [0.05, 0.1) is 11.4 Å². The fraction of sp³-hybridized carbons (Fsp3) is 0. The van der Waals surface area contributed by atoms with Gasteiger partial charge in [0.25, 0.3) is 0 Å². The van der Waals surface area contributed by atoms with Gasteiger partial charge in [-0.25, -0.2) is 18.7 Å². The Morgan fingerprint density at radius 1 is 0.600 bits per heavy atom. The zero-order valence-electron chi connectivity index (χ0n) is 10.4. The molecule has 98 valence electrons. The zero-order chi connectivity index (χ0) is 13.9. The predicted octanol–water partition coefficient (Wildman–Crippen LogP) is 4.09. The van der Waals surface area contributed by atoms with Gasteiger partial charge in [-0.3, -0.25) is 0 Å². The third-order valence-corrected chi connectivity index (χ3v) is 2.95. The number of hydrogen-bond donors (Lipinski definition) is 0. The Labute approximate surface area is 114 Å². The molecule has 0 unspecified atom stereocenters. The summed E-state index contributed by atoms with van der Waals surface area (Å²) in [5, 5.41) is 0. The van der Waals surface area contributed by atoms with Crippen molar-refractivity contribution in [3.8, 4) is 22.5 Å². The second-order valence-electron chi connectivity index (χ2n) is 4.30. The Morgan fingerprint density at radius 2 is 1.00 bits per heavy atom. The standard InChI is InChI=1S/C16H10F2N2/c17-13-5-1-11(2-6-13)15-9-16(20-10-19-15)12-3-7-14(18)8-4-12/h1-10H. The van der Waals surface area contributed by atoms with Crippen LogP contribution in [0.25, 0.3) is 22.5 Å². The van der Waals surface area contributed by atoms with E-state index in [9.17, 15) is 8.78 Å². The third-order valence-electron chi connectivity index (χ3n) is 2.95. The molecule has 1 aromatic heterocycles. The summed E-state index contributed by atoms with van der Waals surface area (Å²) >= 11 is 0. The van der Waals surface area contributed by atoms with Crippen molar-refractivity contribution in [3.05, 3.63) is 72.6 Å². The first-order valence-corrected chi connectivity index (χ1v) is 6.06. The quantitative estimate of drug-likeness (QED) is 0.699. The van der Waals surface area contributed by atoms with E-state index in [0.29, 0.717) is 11.4 Å². The maximum absolute atomic E-state index is 12.9. The zero-order valence-corrected chi connectivity index (χ0v) is 10.4. The largest absolute Gasteiger partial charge is 0.236 e. The molecule has 0 saturated heterocycles. The van der Waals surface area contributed by atoms with E-state index in [4.69, 9.17) is 0 Å². The Kier molecular flexibility index (Phi) is 3.21. The second-order valence-corrected chi connectivity index (χ2v) is 4.30. The average molecular weight is 268 g/mol. The molecular formula is C16H10F2N2. The summed E-state index contributed by atoms with van der Waals surface area (Å²) in [6, 6.07) is 14.0. The molecule has 0 fully saturated rings. The van der Waals surface area contributed by atoms with Gasteiger partial charge < -0.3 is 0 Å². The lowest BCUT2D eigenvalue weighted by molar-refractivity contribution is 0.627. The fourth-order valence-corrected chi connectivity index (χ4v) is 1.91. The fourth-order valence-electron chi connectivity index (χ4n) is 1.91. The molecular weight excluding hydrogens is 258 g/mol. The van der Waals surface area contributed by atoms with Crippen LogP contribution in [0.2, 0.25) is 0 Å². The molecule has 3 aromatic rings. The van der Waals surface area contributed by atoms with E-state index in [1.165, 1.54) is 30.6 Å². The minimum Gasteiger partial charge on any atom is -0.236 e. The van der Waals surface area contributed by atoms with Gasteiger partial charge in [-0.1, -0.05) is 0 Å². The summed E-state index contributed by atoms with van der Waals surface area (Å²) in [5.41, 5.74) is 2.99. The van der Waals surface area contributed by atoms with Crippen LogP contribution in [-0.2, 0) is 0 Å². The summed E-state index contributed by atoms with van der Waals surface area (Å²) in [5.74, 6) is -0.580. The molecule has 0 N–H and O–H groups in total. The first-order chi connectivity index (χ1) is 9.72. The van der Waals surface area contributed by atoms with Crippen LogP contribution >= 0.6 is 0 Å². The predicted molar refractivity (Wildman–Crippen MR) is 72.8 cm³/mol. The maximum Gasteiger partial charge on any atom is 0.123 e. The molecule has 0 aliphatic rings. The summed E-state index contributed by atoms with van der Waals surface area (Å²) in [4.78, 5) is 8.35. The molecule has 0 atom stereocenters. The molecule has 0 saturated carbocycles. The van der Waals surface area contributed by atoms with Crippen molar-refractivity contribution in [1.82, 2.24) is 9.97 Å². The SMILES string of the molecule is Fc1ccc(-c2cc(-c3ccc(F)cc3)ncn2)cc1. The van der Waals surface area contributed by atoms with Gasteiger partial charge in [-0.15, -0.1) is 0 Å². The molecule has 0 aliphatic heterocycles. The summed E-state index contributed by atoms with van der Waals surface area (Å²) < 4.78 is 25.8. The average Bonchev–Trinajstić information content (AvgIpc) is 2.49. The molecule has 2 aromatic carbocycles. The summed E-state index contributed by atoms with van der Waals surface area (Å²) in [6.45, 7) is 0. The van der Waals surface area contributed by atoms with Crippen LogP contribution in [0.1, 0.15) is 0 Å². The molecule has 0 spiro atoms. The van der Waals surface area contributed by atoms with Crippen LogP contribution in [0.5, 0.6) is 0 Å². The molecule has 0 radical (unpaired) electrons. The molecule has 1 heterocycles. The van der Waals surface area contributed by atoms with Gasteiger partial charge in [0.1, 0.15) is 18.0 Å². The topological polar surface area (TPSA) is 25.8 Å². The normalized spacial score (nSPS) is 10.5. The lowest BCUT2D eigenvalue weighted by atomic mass is 10.1. The third kappa shape index (κ3) is 2.54. The lowest BCUT2D eigenvalue weighted by Crippen LogP contribution is -1.89. The van der Waals surface area contributed by atoms with E-state index in [0.717, 1.165) is 11.1 Å². The molecule has 0 bridgehead atoms. The lowest BCUT2D eigenvalue weighted by Gasteiger charge is -2.04. The van der Waals surface area contributed by atoms with Crippen molar-refractivity contribution in [2.45, 2.75) is 0 Å². The van der Waals surface area contributed by atoms with Crippen molar-refractivity contribution in [2.75, 3.05) is 0 Å². The van der Waals surface area contributed by atoms with E-state index < -0.39 is 0 Å². The number of rotatable bonds is 2. The summed E-state index contributed by atoms with van der Waals surface area (Å²) in [7, 11) is 0. The highest BCUT2D eigenvalue weighted by Gasteiger charge is 2.04. The Bertz CT molecular complexity index is 661. The van der Waals surface area contributed by atoms with E-state index in [1.807, 2.05) is 0 Å². The monoisotopic (exact) mass is 268 g/mol. The number of nitrogens with zero attached hydrogens (tertiary/aromatic N) is 2. The molecule has 3 rings (SSSR count). The number of aromatic nitrogens is 2. The van der Waals surface area contributed by atoms with E-state index in [1.54, 1.807) is 30.3 Å². The highest BCUT2D eigenvalue weighted by molar-refractivity contribution is 5.67. The first kappa shape index (κ1) is 12.4. The van der Waals surface area contributed by atoms with Gasteiger partial charge in [0.2, 0.25) is 0 Å². The Hall–Kier alpha value is -2.62. The van der Waals surface area contributed by atoms with Crippen molar-refractivity contribution in [3.63, 3.8) is 0 Å². The molecule has 0 aliphatic carbocycles. The van der Waals surface area contributed by atoms with Crippen molar-refractivity contribution in [1.29, 1.82) is 0 Å². The number of benzene rings is 2. The van der Waals surface area contributed by atoms with Crippen LogP contribution in [0.15, 0.2) is 60.9 Å². The highest BCUT2D eigenvalue weighted by Crippen LogP contribution is 2.23. The Balaban J connectivity index is 2.01. The molecule has 4 heteroatoms. The first-order valence-electron chi connectivity index (χ1n) is 6.06. The van der Waals surface area contributed by atoms with E-state index in [-0.39, 0.29) is 11.6 Å². The van der Waals surface area contributed by atoms with Crippen LogP contribution in [-0.4, -0.2) is 9.97 Å². The number of halogens is 2. The van der Waals surface area contributed by atoms with Gasteiger partial charge in [-0.2, -0.15) is 0 Å². The van der Waals surface area contributed by atoms with Gasteiger partial charge in [0.15, 0.2) is 0 Å². The van der Waals surface area contributed by atoms with E-state index in [2.05, 4.69) is 9.97 Å². The molecule has 0 amide bonds. The Morgan fingerprint density at radius 3 is 1.40 bits per heavy atom. The van der Waals surface area contributed by atoms with Gasteiger partial charge >= 0.3 is 0 Å². The van der Waals surface area contributed by atoms with Crippen LogP contribution in [0, 0.1) is 11.6 Å². The van der Waals surface area contributed by atoms with Gasteiger partial charge in [0, 0.05) is 11.1 Å². The van der Waals surface area contributed by atoms with E-state index >= 15 is 0 Å². The van der Waals surface area contributed by atoms with Crippen LogP contribution in [0.4, 0.5) is 8.78 Å². The van der Waals surface area contributed by atoms with Crippen molar-refractivity contribution in [2.24, 2.45) is 0 Å². The minimum absolute atomic E-state index is 0.290. The second kappa shape index (κ2) is 5.17. The summed E-state index contributed by atoms with van der Waals surface area (Å²) in [6.07, 6.45) is 1.44. The van der Waals surface area contributed by atoms with Gasteiger partial charge in [-0.05, 0) is 54.6 Å². The van der Waals surface area contributed by atoms with Crippen molar-refractivity contribution < 1.29 is 8.78 Å². The molecule has 2 nitrogen and oxygen atoms in total. The van der Waals surface area contributed by atoms with Crippen LogP contribution in [0.3, 0.4) is 0 Å². The minimum atomic E-state index is -0.290.